The second-order valence-corrected chi connectivity index (χ2v) is 4.16. The van der Waals surface area contributed by atoms with Crippen molar-refractivity contribution in [1.82, 2.24) is 0 Å². The first-order valence-electron chi connectivity index (χ1n) is 3.28. The summed E-state index contributed by atoms with van der Waals surface area (Å²) in [5, 5.41) is 8.53. The van der Waals surface area contributed by atoms with Crippen molar-refractivity contribution in [2.45, 2.75) is 12.8 Å². The second kappa shape index (κ2) is 3.14. The van der Waals surface area contributed by atoms with Gasteiger partial charge in [-0.1, -0.05) is 0 Å². The van der Waals surface area contributed by atoms with E-state index in [0.29, 0.717) is 24.3 Å². The van der Waals surface area contributed by atoms with Crippen LogP contribution in [0.2, 0.25) is 0 Å². The number of hydrogen-bond donors (Lipinski definition) is 1. The molecule has 0 aromatic heterocycles. The van der Waals surface area contributed by atoms with Crippen LogP contribution in [0.15, 0.2) is 0 Å². The Kier molecular flexibility index (Phi) is 2.43. The van der Waals surface area contributed by atoms with E-state index in [2.05, 4.69) is 0 Å². The van der Waals surface area contributed by atoms with E-state index in [0.717, 1.165) is 0 Å². The first kappa shape index (κ1) is 7.72. The van der Waals surface area contributed by atoms with Gasteiger partial charge in [-0.2, -0.15) is 0 Å². The van der Waals surface area contributed by atoms with E-state index in [4.69, 9.17) is 5.11 Å². The summed E-state index contributed by atoms with van der Waals surface area (Å²) in [6, 6.07) is 0. The summed E-state index contributed by atoms with van der Waals surface area (Å²) < 4.78 is 10.7. The Labute approximate surface area is 61.9 Å². The van der Waals surface area contributed by atoms with Crippen LogP contribution in [0.4, 0.5) is 0 Å². The number of carboxylic acids is 1. The van der Waals surface area contributed by atoms with Gasteiger partial charge in [-0.3, -0.25) is 9.00 Å². The van der Waals surface area contributed by atoms with E-state index in [9.17, 15) is 9.00 Å². The lowest BCUT2D eigenvalue weighted by Crippen LogP contribution is -2.24. The topological polar surface area (TPSA) is 54.4 Å². The Hall–Kier alpha value is -0.380. The SMILES string of the molecule is O=C(O)C1CCS(=O)CC1. The average Bonchev–Trinajstić information content (AvgIpc) is 1.88. The molecule has 0 radical (unpaired) electrons. The molecule has 1 heterocycles. The number of hydrogen-bond acceptors (Lipinski definition) is 2. The van der Waals surface area contributed by atoms with Crippen LogP contribution in [0, 0.1) is 5.92 Å². The molecule has 1 aliphatic rings. The molecular formula is C6H10O3S. The molecule has 10 heavy (non-hydrogen) atoms. The summed E-state index contributed by atoms with van der Waals surface area (Å²) in [4.78, 5) is 10.4. The van der Waals surface area contributed by atoms with Crippen LogP contribution < -0.4 is 0 Å². The summed E-state index contributed by atoms with van der Waals surface area (Å²) in [6.07, 6.45) is 1.17. The highest BCUT2D eigenvalue weighted by Crippen LogP contribution is 2.16. The highest BCUT2D eigenvalue weighted by molar-refractivity contribution is 7.85. The van der Waals surface area contributed by atoms with Crippen molar-refractivity contribution in [2.24, 2.45) is 5.92 Å². The summed E-state index contributed by atoms with van der Waals surface area (Å²) >= 11 is 0. The van der Waals surface area contributed by atoms with Crippen LogP contribution in [0.3, 0.4) is 0 Å². The Balaban J connectivity index is 2.40. The fraction of sp³-hybridized carbons (Fsp3) is 0.833. The minimum atomic E-state index is -0.741. The number of carbonyl (C=O) groups is 1. The van der Waals surface area contributed by atoms with Crippen molar-refractivity contribution < 1.29 is 14.1 Å². The molecule has 1 aliphatic heterocycles. The van der Waals surface area contributed by atoms with Gasteiger partial charge in [-0.05, 0) is 12.8 Å². The first-order chi connectivity index (χ1) is 4.70. The Bertz CT molecular complexity index is 156. The van der Waals surface area contributed by atoms with Gasteiger partial charge in [-0.15, -0.1) is 0 Å². The van der Waals surface area contributed by atoms with Gasteiger partial charge in [0.15, 0.2) is 0 Å². The second-order valence-electron chi connectivity index (χ2n) is 2.46. The molecule has 1 rings (SSSR count). The average molecular weight is 162 g/mol. The Morgan fingerprint density at radius 1 is 1.40 bits per heavy atom. The maximum atomic E-state index is 10.7. The Morgan fingerprint density at radius 2 is 1.90 bits per heavy atom. The van der Waals surface area contributed by atoms with Crippen molar-refractivity contribution in [3.8, 4) is 0 Å². The van der Waals surface area contributed by atoms with E-state index in [1.165, 1.54) is 0 Å². The molecule has 0 aliphatic carbocycles. The number of aliphatic carboxylic acids is 1. The van der Waals surface area contributed by atoms with Crippen molar-refractivity contribution >= 4 is 16.8 Å². The molecule has 4 heteroatoms. The zero-order valence-corrected chi connectivity index (χ0v) is 6.39. The van der Waals surface area contributed by atoms with Crippen LogP contribution in [0.1, 0.15) is 12.8 Å². The normalized spacial score (nSPS) is 33.6. The zero-order chi connectivity index (χ0) is 7.56. The van der Waals surface area contributed by atoms with Crippen LogP contribution in [-0.2, 0) is 15.6 Å². The summed E-state index contributed by atoms with van der Waals surface area (Å²) in [5.74, 6) is 0.155. The molecule has 0 bridgehead atoms. The number of carboxylic acid groups (broad SMARTS) is 1. The van der Waals surface area contributed by atoms with Crippen molar-refractivity contribution in [3.05, 3.63) is 0 Å². The fourth-order valence-electron chi connectivity index (χ4n) is 1.04. The molecule has 3 nitrogen and oxygen atoms in total. The molecule has 0 saturated carbocycles. The standard InChI is InChI=1S/C6H10O3S/c7-6(8)5-1-3-10(9)4-2-5/h5H,1-4H2,(H,7,8). The fourth-order valence-corrected chi connectivity index (χ4v) is 2.34. The predicted molar refractivity (Wildman–Crippen MR) is 38.2 cm³/mol. The van der Waals surface area contributed by atoms with Crippen molar-refractivity contribution in [3.63, 3.8) is 0 Å². The monoisotopic (exact) mass is 162 g/mol. The third-order valence-electron chi connectivity index (χ3n) is 1.74. The van der Waals surface area contributed by atoms with E-state index in [-0.39, 0.29) is 5.92 Å². The molecule has 0 aromatic carbocycles. The van der Waals surface area contributed by atoms with Gasteiger partial charge in [0.2, 0.25) is 0 Å². The minimum absolute atomic E-state index is 0.238. The number of rotatable bonds is 1. The van der Waals surface area contributed by atoms with E-state index in [1.54, 1.807) is 0 Å². The third kappa shape index (κ3) is 1.80. The van der Waals surface area contributed by atoms with Crippen LogP contribution >= 0.6 is 0 Å². The zero-order valence-electron chi connectivity index (χ0n) is 5.58. The van der Waals surface area contributed by atoms with Gasteiger partial charge in [0, 0.05) is 22.3 Å². The molecule has 1 fully saturated rings. The summed E-state index contributed by atoms with van der Waals surface area (Å²) in [7, 11) is -0.741. The third-order valence-corrected chi connectivity index (χ3v) is 3.12. The summed E-state index contributed by atoms with van der Waals surface area (Å²) in [5.41, 5.74) is 0. The van der Waals surface area contributed by atoms with Gasteiger partial charge in [0.05, 0.1) is 5.92 Å². The molecule has 0 atom stereocenters. The largest absolute Gasteiger partial charge is 0.481 e. The molecule has 0 amide bonds. The molecular weight excluding hydrogens is 152 g/mol. The molecule has 0 unspecified atom stereocenters. The van der Waals surface area contributed by atoms with Gasteiger partial charge >= 0.3 is 5.97 Å². The van der Waals surface area contributed by atoms with Gasteiger partial charge in [0.25, 0.3) is 0 Å². The van der Waals surface area contributed by atoms with Crippen LogP contribution in [0.25, 0.3) is 0 Å². The lowest BCUT2D eigenvalue weighted by Gasteiger charge is -2.16. The van der Waals surface area contributed by atoms with Gasteiger partial charge < -0.3 is 5.11 Å². The molecule has 0 aromatic rings. The van der Waals surface area contributed by atoms with Crippen molar-refractivity contribution in [2.75, 3.05) is 11.5 Å². The quantitative estimate of drug-likeness (QED) is 0.600. The van der Waals surface area contributed by atoms with Crippen LogP contribution in [0.5, 0.6) is 0 Å². The predicted octanol–water partition coefficient (Wildman–Crippen LogP) is 0.230. The lowest BCUT2D eigenvalue weighted by molar-refractivity contribution is -0.141. The van der Waals surface area contributed by atoms with Crippen LogP contribution in [-0.4, -0.2) is 26.8 Å². The molecule has 1 N–H and O–H groups in total. The highest BCUT2D eigenvalue weighted by atomic mass is 32.2. The van der Waals surface area contributed by atoms with E-state index in [1.807, 2.05) is 0 Å². The van der Waals surface area contributed by atoms with E-state index < -0.39 is 16.8 Å². The van der Waals surface area contributed by atoms with Gasteiger partial charge in [-0.25, -0.2) is 0 Å². The minimum Gasteiger partial charge on any atom is -0.481 e. The van der Waals surface area contributed by atoms with Gasteiger partial charge in [0.1, 0.15) is 0 Å². The molecule has 0 spiro atoms. The highest BCUT2D eigenvalue weighted by Gasteiger charge is 2.23. The lowest BCUT2D eigenvalue weighted by atomic mass is 10.0. The first-order valence-corrected chi connectivity index (χ1v) is 4.76. The molecule has 58 valence electrons. The molecule has 1 saturated heterocycles. The van der Waals surface area contributed by atoms with E-state index >= 15 is 0 Å². The Morgan fingerprint density at radius 3 is 2.30 bits per heavy atom. The maximum Gasteiger partial charge on any atom is 0.306 e. The summed E-state index contributed by atoms with van der Waals surface area (Å²) in [6.45, 7) is 0. The smallest absolute Gasteiger partial charge is 0.306 e. The maximum absolute atomic E-state index is 10.7. The van der Waals surface area contributed by atoms with Crippen molar-refractivity contribution in [1.29, 1.82) is 0 Å².